The molecule has 0 radical (unpaired) electrons. The van der Waals surface area contributed by atoms with Crippen LogP contribution < -0.4 is 0 Å². The van der Waals surface area contributed by atoms with Crippen LogP contribution in [0.1, 0.15) is 141 Å². The molecule has 0 amide bonds. The van der Waals surface area contributed by atoms with Crippen molar-refractivity contribution in [3.63, 3.8) is 0 Å². The molecule has 0 unspecified atom stereocenters. The summed E-state index contributed by atoms with van der Waals surface area (Å²) >= 11 is 0. The minimum absolute atomic E-state index is 0. The Morgan fingerprint density at radius 1 is 0.533 bits per heavy atom. The van der Waals surface area contributed by atoms with Crippen LogP contribution in [0.3, 0.4) is 0 Å². The Bertz CT molecular complexity index is 1320. The predicted molar refractivity (Wildman–Crippen MR) is 181 cm³/mol. The van der Waals surface area contributed by atoms with E-state index >= 15 is 0 Å². The zero-order valence-electron chi connectivity index (χ0n) is 29.7. The molecule has 0 atom stereocenters. The molecule has 0 fully saturated rings. The van der Waals surface area contributed by atoms with Gasteiger partial charge in [-0.05, 0) is 67.9 Å². The Morgan fingerprint density at radius 2 is 0.778 bits per heavy atom. The van der Waals surface area contributed by atoms with E-state index in [1.54, 1.807) is 12.1 Å². The zero-order valence-corrected chi connectivity index (χ0v) is 32.5. The molecule has 0 bridgehead atoms. The fourth-order valence-corrected chi connectivity index (χ4v) is 7.28. The molecule has 11 heteroatoms. The fourth-order valence-electron chi connectivity index (χ4n) is 5.83. The van der Waals surface area contributed by atoms with E-state index in [0.717, 1.165) is 33.4 Å². The summed E-state index contributed by atoms with van der Waals surface area (Å²) in [6.45, 7) is 27.9. The molecule has 0 aliphatic rings. The van der Waals surface area contributed by atoms with E-state index in [-0.39, 0.29) is 62.0 Å². The summed E-state index contributed by atoms with van der Waals surface area (Å²) in [5, 5.41) is 21.6. The summed E-state index contributed by atoms with van der Waals surface area (Å²) in [5.74, 6) is 0.512. The monoisotopic (exact) mass is 714 g/mol. The van der Waals surface area contributed by atoms with Gasteiger partial charge in [0.05, 0.1) is 12.3 Å². The Kier molecular flexibility index (Phi) is 14.6. The second-order valence-corrected chi connectivity index (χ2v) is 19.2. The molecule has 6 N–H and O–H groups in total. The van der Waals surface area contributed by atoms with E-state index in [1.165, 1.54) is 0 Å². The van der Waals surface area contributed by atoms with Gasteiger partial charge in [0, 0.05) is 27.6 Å². The van der Waals surface area contributed by atoms with Crippen LogP contribution in [0.15, 0.2) is 12.1 Å². The molecule has 0 spiro atoms. The van der Waals surface area contributed by atoms with Crippen molar-refractivity contribution in [1.82, 2.24) is 0 Å². The summed E-state index contributed by atoms with van der Waals surface area (Å²) in [5.41, 5.74) is 4.82. The van der Waals surface area contributed by atoms with Gasteiger partial charge in [0.1, 0.15) is 11.5 Å². The fraction of sp³-hybridized carbons (Fsp3) is 0.647. The van der Waals surface area contributed by atoms with Crippen LogP contribution in [0, 0.1) is 0 Å². The van der Waals surface area contributed by atoms with Crippen LogP contribution in [0.5, 0.6) is 11.5 Å². The SMILES string of the molecule is CCc1c(CP(=O)(O)O)cc(C(C)(C)C)c(O)c1C(C)(C)C.CCc1c(CP(=O)(O)O)cc(C(C)(C)C)c(O)c1C(C)(C)C.[Ni]. The molecule has 0 heterocycles. The Balaban J connectivity index is 0.000000842. The minimum atomic E-state index is -4.17. The average Bonchev–Trinajstić information content (AvgIpc) is 2.75. The van der Waals surface area contributed by atoms with Crippen molar-refractivity contribution in [2.24, 2.45) is 0 Å². The van der Waals surface area contributed by atoms with Crippen molar-refractivity contribution in [2.75, 3.05) is 0 Å². The molecule has 0 saturated carbocycles. The van der Waals surface area contributed by atoms with Gasteiger partial charge in [-0.25, -0.2) is 0 Å². The van der Waals surface area contributed by atoms with Crippen molar-refractivity contribution in [2.45, 2.75) is 144 Å². The van der Waals surface area contributed by atoms with Crippen LogP contribution in [0.25, 0.3) is 0 Å². The van der Waals surface area contributed by atoms with Gasteiger partial charge < -0.3 is 29.8 Å². The number of benzene rings is 2. The Morgan fingerprint density at radius 3 is 0.933 bits per heavy atom. The molecule has 0 aliphatic heterocycles. The molecule has 0 aliphatic carbocycles. The number of rotatable bonds is 6. The number of aromatic hydroxyl groups is 2. The normalized spacial score (nSPS) is 13.2. The molecule has 45 heavy (non-hydrogen) atoms. The summed E-state index contributed by atoms with van der Waals surface area (Å²) in [6.07, 6.45) is 0.672. The maximum absolute atomic E-state index is 11.5. The maximum Gasteiger partial charge on any atom is 0.329 e. The standard InChI is InChI=1S/2C17H29O4P.Ni/c2*1-8-12-11(10-22(19,20)21)9-13(16(2,3)4)15(18)14(12)17(5,6)7;/h2*9,18H,8,10H2,1-7H3,(H2,19,20,21);. The third-order valence-corrected chi connectivity index (χ3v) is 9.08. The zero-order chi connectivity index (χ0) is 35.0. The van der Waals surface area contributed by atoms with Crippen molar-refractivity contribution < 1.29 is 55.4 Å². The quantitative estimate of drug-likeness (QED) is 0.129. The second-order valence-electron chi connectivity index (χ2n) is 15.9. The number of phenolic OH excluding ortho intramolecular Hbond substituents is 2. The maximum atomic E-state index is 11.5. The third-order valence-electron chi connectivity index (χ3n) is 7.58. The summed E-state index contributed by atoms with van der Waals surface area (Å²) in [4.78, 5) is 37.6. The van der Waals surface area contributed by atoms with Gasteiger partial charge >= 0.3 is 15.2 Å². The molecule has 0 aromatic heterocycles. The van der Waals surface area contributed by atoms with Crippen molar-refractivity contribution in [3.8, 4) is 11.5 Å². The molecular formula is C34H58NiO8P2. The number of phenols is 2. The molecule has 0 saturated heterocycles. The molecule has 8 nitrogen and oxygen atoms in total. The first kappa shape index (κ1) is 43.8. The third kappa shape index (κ3) is 12.1. The number of hydrogen-bond acceptors (Lipinski definition) is 4. The largest absolute Gasteiger partial charge is 0.507 e. The average molecular weight is 715 g/mol. The van der Waals surface area contributed by atoms with Gasteiger partial charge in [-0.15, -0.1) is 0 Å². The number of hydrogen-bond donors (Lipinski definition) is 6. The van der Waals surface area contributed by atoms with Crippen molar-refractivity contribution >= 4 is 15.2 Å². The smallest absolute Gasteiger partial charge is 0.329 e. The van der Waals surface area contributed by atoms with Crippen LogP contribution in [-0.4, -0.2) is 29.8 Å². The van der Waals surface area contributed by atoms with E-state index in [0.29, 0.717) is 24.0 Å². The molecule has 2 aromatic carbocycles. The molecule has 2 aromatic rings. The van der Waals surface area contributed by atoms with Gasteiger partial charge in [-0.1, -0.05) is 109 Å². The van der Waals surface area contributed by atoms with Crippen molar-refractivity contribution in [3.05, 3.63) is 56.6 Å². The first-order valence-corrected chi connectivity index (χ1v) is 18.8. The van der Waals surface area contributed by atoms with E-state index in [4.69, 9.17) is 0 Å². The van der Waals surface area contributed by atoms with E-state index in [1.807, 2.05) is 96.9 Å². The van der Waals surface area contributed by atoms with Crippen LogP contribution in [0.2, 0.25) is 0 Å². The summed E-state index contributed by atoms with van der Waals surface area (Å²) < 4.78 is 23.0. The van der Waals surface area contributed by atoms with Gasteiger partial charge in [-0.3, -0.25) is 9.13 Å². The van der Waals surface area contributed by atoms with E-state index in [9.17, 15) is 38.9 Å². The topological polar surface area (TPSA) is 156 Å². The van der Waals surface area contributed by atoms with E-state index in [2.05, 4.69) is 0 Å². The van der Waals surface area contributed by atoms with Gasteiger partial charge in [-0.2, -0.15) is 0 Å². The summed E-state index contributed by atoms with van der Waals surface area (Å²) in [6, 6.07) is 3.53. The van der Waals surface area contributed by atoms with Gasteiger partial charge in [0.25, 0.3) is 0 Å². The van der Waals surface area contributed by atoms with E-state index < -0.39 is 15.2 Å². The summed E-state index contributed by atoms with van der Waals surface area (Å²) in [7, 11) is -8.34. The predicted octanol–water partition coefficient (Wildman–Crippen LogP) is 8.45. The Hall–Kier alpha value is -1.17. The Labute approximate surface area is 281 Å². The van der Waals surface area contributed by atoms with Crippen LogP contribution >= 0.6 is 15.2 Å². The van der Waals surface area contributed by atoms with Crippen LogP contribution in [-0.2, 0) is 72.4 Å². The molecule has 262 valence electrons. The molecule has 2 rings (SSSR count). The van der Waals surface area contributed by atoms with Gasteiger partial charge in [0.15, 0.2) is 0 Å². The van der Waals surface area contributed by atoms with Gasteiger partial charge in [0.2, 0.25) is 0 Å². The second kappa shape index (κ2) is 14.9. The van der Waals surface area contributed by atoms with Crippen molar-refractivity contribution in [1.29, 1.82) is 0 Å². The minimum Gasteiger partial charge on any atom is -0.507 e. The van der Waals surface area contributed by atoms with Crippen LogP contribution in [0.4, 0.5) is 0 Å². The molecular weight excluding hydrogens is 657 g/mol. The first-order valence-electron chi connectivity index (χ1n) is 15.2. The first-order chi connectivity index (χ1) is 19.4.